The molecular weight excluding hydrogens is 266 g/mol. The summed E-state index contributed by atoms with van der Waals surface area (Å²) in [6, 6.07) is 8.64. The molecule has 82 valence electrons. The van der Waals surface area contributed by atoms with Gasteiger partial charge in [0.25, 0.3) is 0 Å². The fraction of sp³-hybridized carbons (Fsp3) is 0.417. The first-order valence-electron chi connectivity index (χ1n) is 5.47. The molecule has 2 N–H and O–H groups in total. The fourth-order valence-corrected chi connectivity index (χ4v) is 3.02. The van der Waals surface area contributed by atoms with Gasteiger partial charge in [0.2, 0.25) is 0 Å². The van der Waals surface area contributed by atoms with Crippen molar-refractivity contribution in [3.8, 4) is 6.07 Å². The Morgan fingerprint density at radius 2 is 2.12 bits per heavy atom. The second-order valence-corrected chi connectivity index (χ2v) is 5.28. The zero-order chi connectivity index (χ0) is 11.1. The van der Waals surface area contributed by atoms with Crippen LogP contribution in [0.4, 0.5) is 5.69 Å². The molecule has 1 saturated heterocycles. The van der Waals surface area contributed by atoms with Gasteiger partial charge in [-0.3, -0.25) is 0 Å². The van der Waals surface area contributed by atoms with Gasteiger partial charge in [-0.15, -0.1) is 0 Å². The normalized spacial score (nSPS) is 30.6. The highest BCUT2D eigenvalue weighted by molar-refractivity contribution is 9.10. The van der Waals surface area contributed by atoms with Gasteiger partial charge in [-0.2, -0.15) is 5.26 Å². The van der Waals surface area contributed by atoms with Crippen LogP contribution in [-0.2, 0) is 0 Å². The van der Waals surface area contributed by atoms with E-state index < -0.39 is 0 Å². The first-order chi connectivity index (χ1) is 7.81. The predicted molar refractivity (Wildman–Crippen MR) is 66.1 cm³/mol. The van der Waals surface area contributed by atoms with Crippen LogP contribution in [0.3, 0.4) is 0 Å². The van der Waals surface area contributed by atoms with E-state index in [2.05, 4.69) is 32.6 Å². The van der Waals surface area contributed by atoms with Crippen molar-refractivity contribution < 1.29 is 0 Å². The molecule has 3 nitrogen and oxygen atoms in total. The number of nitrogens with one attached hydrogen (secondary N) is 2. The van der Waals surface area contributed by atoms with Gasteiger partial charge in [-0.1, -0.05) is 6.07 Å². The minimum Gasteiger partial charge on any atom is -0.381 e. The number of nitrogens with zero attached hydrogens (tertiary/aromatic N) is 1. The van der Waals surface area contributed by atoms with Gasteiger partial charge in [0, 0.05) is 23.6 Å². The standard InChI is InChI=1S/C12H12BrN3/c13-10-2-1-3-11(7(10)4-14)16-12-8-5-15-6-9(8)12/h1-3,8-9,12,15-16H,5-6H2. The summed E-state index contributed by atoms with van der Waals surface area (Å²) in [6.45, 7) is 2.22. The zero-order valence-electron chi connectivity index (χ0n) is 8.70. The van der Waals surface area contributed by atoms with Crippen molar-refractivity contribution in [3.05, 3.63) is 28.2 Å². The first kappa shape index (κ1) is 10.1. The summed E-state index contributed by atoms with van der Waals surface area (Å²) in [6.07, 6.45) is 0. The topological polar surface area (TPSA) is 47.9 Å². The molecule has 1 heterocycles. The molecule has 1 aromatic rings. The van der Waals surface area contributed by atoms with E-state index in [1.807, 2.05) is 18.2 Å². The van der Waals surface area contributed by atoms with Crippen molar-refractivity contribution in [1.29, 1.82) is 5.26 Å². The molecule has 3 rings (SSSR count). The Morgan fingerprint density at radius 3 is 2.81 bits per heavy atom. The van der Waals surface area contributed by atoms with E-state index in [0.717, 1.165) is 35.1 Å². The van der Waals surface area contributed by atoms with E-state index in [1.165, 1.54) is 0 Å². The molecule has 2 aliphatic rings. The largest absolute Gasteiger partial charge is 0.381 e. The average Bonchev–Trinajstić information content (AvgIpc) is 2.75. The number of hydrogen-bond acceptors (Lipinski definition) is 3. The monoisotopic (exact) mass is 277 g/mol. The number of fused-ring (bicyclic) bond motifs is 1. The van der Waals surface area contributed by atoms with Crippen LogP contribution in [0.15, 0.2) is 22.7 Å². The lowest BCUT2D eigenvalue weighted by Crippen LogP contribution is -2.21. The van der Waals surface area contributed by atoms with Gasteiger partial charge in [0.15, 0.2) is 0 Å². The summed E-state index contributed by atoms with van der Waals surface area (Å²) in [4.78, 5) is 0. The maximum absolute atomic E-state index is 9.10. The zero-order valence-corrected chi connectivity index (χ0v) is 10.3. The Bertz CT molecular complexity index is 456. The molecule has 0 spiro atoms. The summed E-state index contributed by atoms with van der Waals surface area (Å²) in [7, 11) is 0. The minimum absolute atomic E-state index is 0.558. The number of anilines is 1. The van der Waals surface area contributed by atoms with Crippen molar-refractivity contribution in [2.24, 2.45) is 11.8 Å². The summed E-state index contributed by atoms with van der Waals surface area (Å²) in [5, 5.41) is 16.0. The van der Waals surface area contributed by atoms with Crippen LogP contribution in [0, 0.1) is 23.2 Å². The van der Waals surface area contributed by atoms with Crippen LogP contribution < -0.4 is 10.6 Å². The molecule has 2 fully saturated rings. The maximum Gasteiger partial charge on any atom is 0.103 e. The summed E-state index contributed by atoms with van der Waals surface area (Å²) in [5.74, 6) is 1.51. The molecule has 1 aliphatic carbocycles. The van der Waals surface area contributed by atoms with Gasteiger partial charge in [0.05, 0.1) is 11.3 Å². The Labute approximate surface area is 103 Å². The van der Waals surface area contributed by atoms with Gasteiger partial charge < -0.3 is 10.6 Å². The van der Waals surface area contributed by atoms with Crippen molar-refractivity contribution in [1.82, 2.24) is 5.32 Å². The van der Waals surface area contributed by atoms with E-state index in [9.17, 15) is 0 Å². The van der Waals surface area contributed by atoms with Crippen LogP contribution in [0.2, 0.25) is 0 Å². The number of nitriles is 1. The second kappa shape index (κ2) is 3.76. The van der Waals surface area contributed by atoms with Crippen LogP contribution in [0.25, 0.3) is 0 Å². The van der Waals surface area contributed by atoms with E-state index >= 15 is 0 Å². The molecule has 16 heavy (non-hydrogen) atoms. The third-order valence-corrected chi connectivity index (χ3v) is 4.20. The van der Waals surface area contributed by atoms with Crippen LogP contribution in [-0.4, -0.2) is 19.1 Å². The summed E-state index contributed by atoms with van der Waals surface area (Å²) in [5.41, 5.74) is 1.66. The third kappa shape index (κ3) is 1.51. The SMILES string of the molecule is N#Cc1c(Br)cccc1NC1C2CNCC21. The van der Waals surface area contributed by atoms with Crippen molar-refractivity contribution >= 4 is 21.6 Å². The van der Waals surface area contributed by atoms with E-state index in [4.69, 9.17) is 5.26 Å². The number of rotatable bonds is 2. The smallest absolute Gasteiger partial charge is 0.103 e. The fourth-order valence-electron chi connectivity index (χ4n) is 2.57. The van der Waals surface area contributed by atoms with Crippen molar-refractivity contribution in [2.75, 3.05) is 18.4 Å². The molecule has 2 unspecified atom stereocenters. The quantitative estimate of drug-likeness (QED) is 0.869. The molecule has 1 aliphatic heterocycles. The minimum atomic E-state index is 0.558. The van der Waals surface area contributed by atoms with Gasteiger partial charge >= 0.3 is 0 Å². The van der Waals surface area contributed by atoms with Gasteiger partial charge in [-0.05, 0) is 39.9 Å². The molecule has 0 radical (unpaired) electrons. The highest BCUT2D eigenvalue weighted by Gasteiger charge is 2.53. The summed E-state index contributed by atoms with van der Waals surface area (Å²) >= 11 is 3.40. The van der Waals surface area contributed by atoms with Crippen molar-refractivity contribution in [3.63, 3.8) is 0 Å². The maximum atomic E-state index is 9.10. The Hall–Kier alpha value is -1.05. The Morgan fingerprint density at radius 1 is 1.38 bits per heavy atom. The van der Waals surface area contributed by atoms with E-state index in [0.29, 0.717) is 11.6 Å². The molecule has 0 bridgehead atoms. The molecule has 0 amide bonds. The Balaban J connectivity index is 1.80. The predicted octanol–water partition coefficient (Wildman–Crippen LogP) is 1.95. The summed E-state index contributed by atoms with van der Waals surface area (Å²) < 4.78 is 0.865. The lowest BCUT2D eigenvalue weighted by Gasteiger charge is -2.11. The average molecular weight is 278 g/mol. The highest BCUT2D eigenvalue weighted by atomic mass is 79.9. The lowest BCUT2D eigenvalue weighted by molar-refractivity contribution is 0.697. The molecule has 1 saturated carbocycles. The van der Waals surface area contributed by atoms with Crippen LogP contribution in [0.5, 0.6) is 0 Å². The molecule has 1 aromatic carbocycles. The second-order valence-electron chi connectivity index (χ2n) is 4.43. The first-order valence-corrected chi connectivity index (χ1v) is 6.26. The number of piperidine rings is 1. The third-order valence-electron chi connectivity index (χ3n) is 3.54. The van der Waals surface area contributed by atoms with Crippen LogP contribution in [0.1, 0.15) is 5.56 Å². The van der Waals surface area contributed by atoms with E-state index in [1.54, 1.807) is 0 Å². The number of halogens is 1. The van der Waals surface area contributed by atoms with Gasteiger partial charge in [0.1, 0.15) is 6.07 Å². The Kier molecular flexibility index (Phi) is 2.38. The molecule has 0 aromatic heterocycles. The van der Waals surface area contributed by atoms with Crippen LogP contribution >= 0.6 is 15.9 Å². The molecule has 4 heteroatoms. The van der Waals surface area contributed by atoms with Gasteiger partial charge in [-0.25, -0.2) is 0 Å². The van der Waals surface area contributed by atoms with E-state index in [-0.39, 0.29) is 0 Å². The number of benzene rings is 1. The number of hydrogen-bond donors (Lipinski definition) is 2. The molecular formula is C12H12BrN3. The van der Waals surface area contributed by atoms with Crippen molar-refractivity contribution in [2.45, 2.75) is 6.04 Å². The molecule has 2 atom stereocenters. The lowest BCUT2D eigenvalue weighted by atomic mass is 10.2. The highest BCUT2D eigenvalue weighted by Crippen LogP contribution is 2.44.